The van der Waals surface area contributed by atoms with Gasteiger partial charge in [-0.25, -0.2) is 4.98 Å². The van der Waals surface area contributed by atoms with E-state index in [1.54, 1.807) is 13.0 Å². The van der Waals surface area contributed by atoms with Crippen molar-refractivity contribution >= 4 is 21.2 Å². The van der Waals surface area contributed by atoms with Crippen LogP contribution in [0.3, 0.4) is 0 Å². The molecule has 108 valence electrons. The zero-order valence-corrected chi connectivity index (χ0v) is 12.2. The summed E-state index contributed by atoms with van der Waals surface area (Å²) in [5.74, 6) is 0. The lowest BCUT2D eigenvalue weighted by molar-refractivity contribution is 0.334. The van der Waals surface area contributed by atoms with Crippen LogP contribution >= 0.6 is 0 Å². The van der Waals surface area contributed by atoms with Gasteiger partial charge in [-0.3, -0.25) is 4.18 Å². The first-order valence-corrected chi connectivity index (χ1v) is 7.96. The van der Waals surface area contributed by atoms with Gasteiger partial charge in [-0.1, -0.05) is 42.5 Å². The van der Waals surface area contributed by atoms with Crippen molar-refractivity contribution in [2.75, 3.05) is 6.61 Å². The van der Waals surface area contributed by atoms with Gasteiger partial charge in [0.05, 0.1) is 17.6 Å². The summed E-state index contributed by atoms with van der Waals surface area (Å²) in [6.07, 6.45) is 0. The Hall–Kier alpha value is -2.18. The fourth-order valence-corrected chi connectivity index (χ4v) is 3.06. The van der Waals surface area contributed by atoms with Crippen LogP contribution in [0, 0.1) is 0 Å². The third-order valence-corrected chi connectivity index (χ3v) is 4.30. The van der Waals surface area contributed by atoms with Gasteiger partial charge in [0.2, 0.25) is 0 Å². The molecule has 0 fully saturated rings. The van der Waals surface area contributed by atoms with Crippen molar-refractivity contribution < 1.29 is 12.6 Å². The number of aromatic amines is 1. The number of benzene rings is 2. The predicted molar refractivity (Wildman–Crippen MR) is 80.3 cm³/mol. The van der Waals surface area contributed by atoms with Crippen LogP contribution in [0.2, 0.25) is 0 Å². The monoisotopic (exact) mass is 302 g/mol. The topological polar surface area (TPSA) is 72.1 Å². The Bertz CT molecular complexity index is 870. The largest absolute Gasteiger partial charge is 0.331 e. The van der Waals surface area contributed by atoms with E-state index in [1.807, 2.05) is 42.5 Å². The number of aromatic nitrogens is 2. The maximum absolute atomic E-state index is 11.9. The average Bonchev–Trinajstić information content (AvgIpc) is 2.93. The second-order valence-corrected chi connectivity index (χ2v) is 6.00. The first-order chi connectivity index (χ1) is 10.1. The fraction of sp³-hybridized carbons (Fsp3) is 0.133. The minimum Gasteiger partial charge on any atom is -0.326 e. The highest BCUT2D eigenvalue weighted by atomic mass is 32.2. The van der Waals surface area contributed by atoms with Crippen LogP contribution in [0.25, 0.3) is 22.2 Å². The van der Waals surface area contributed by atoms with Crippen LogP contribution in [0.5, 0.6) is 0 Å². The lowest BCUT2D eigenvalue weighted by Crippen LogP contribution is -2.07. The molecule has 3 rings (SSSR count). The predicted octanol–water partition coefficient (Wildman–Crippen LogP) is 2.96. The zero-order chi connectivity index (χ0) is 14.9. The Morgan fingerprint density at radius 1 is 1.10 bits per heavy atom. The fourth-order valence-electron chi connectivity index (χ4n) is 2.20. The Labute approximate surface area is 122 Å². The maximum Gasteiger partial charge on any atom is 0.331 e. The minimum atomic E-state index is -3.84. The quantitative estimate of drug-likeness (QED) is 0.752. The summed E-state index contributed by atoms with van der Waals surface area (Å²) in [5.41, 5.74) is 3.17. The van der Waals surface area contributed by atoms with Gasteiger partial charge in [0, 0.05) is 5.56 Å². The van der Waals surface area contributed by atoms with Crippen LogP contribution in [-0.2, 0) is 14.3 Å². The SMILES string of the molecule is CCOS(=O)(=O)c1nc2cccc(-c3ccccc3)c2[nH]1. The van der Waals surface area contributed by atoms with Crippen LogP contribution in [0.4, 0.5) is 0 Å². The molecular weight excluding hydrogens is 288 g/mol. The van der Waals surface area contributed by atoms with Gasteiger partial charge in [-0.05, 0) is 18.6 Å². The van der Waals surface area contributed by atoms with E-state index in [2.05, 4.69) is 9.97 Å². The molecule has 3 aromatic rings. The summed E-state index contributed by atoms with van der Waals surface area (Å²) >= 11 is 0. The molecule has 2 aromatic carbocycles. The first kappa shape index (κ1) is 13.8. The molecule has 6 heteroatoms. The molecule has 0 aliphatic heterocycles. The van der Waals surface area contributed by atoms with Crippen LogP contribution in [0.15, 0.2) is 53.7 Å². The number of nitrogens with one attached hydrogen (secondary N) is 1. The first-order valence-electron chi connectivity index (χ1n) is 6.55. The number of nitrogens with zero attached hydrogens (tertiary/aromatic N) is 1. The van der Waals surface area contributed by atoms with Crippen molar-refractivity contribution in [3.05, 3.63) is 48.5 Å². The summed E-state index contributed by atoms with van der Waals surface area (Å²) in [6.45, 7) is 1.69. The van der Waals surface area contributed by atoms with Gasteiger partial charge in [-0.15, -0.1) is 0 Å². The van der Waals surface area contributed by atoms with Gasteiger partial charge in [0.1, 0.15) is 0 Å². The molecule has 0 amide bonds. The standard InChI is InChI=1S/C15H14N2O3S/c1-2-20-21(18,19)15-16-13-10-6-9-12(14(13)17-15)11-7-4-3-5-8-11/h3-10H,2H2,1H3,(H,16,17). The molecule has 0 saturated heterocycles. The summed E-state index contributed by atoms with van der Waals surface area (Å²) in [6, 6.07) is 15.3. The second kappa shape index (κ2) is 5.31. The second-order valence-electron chi connectivity index (χ2n) is 4.47. The molecule has 0 aliphatic rings. The molecule has 0 radical (unpaired) electrons. The average molecular weight is 302 g/mol. The van der Waals surface area contributed by atoms with Crippen LogP contribution in [-0.4, -0.2) is 25.0 Å². The maximum atomic E-state index is 11.9. The molecule has 0 spiro atoms. The normalized spacial score (nSPS) is 11.9. The Morgan fingerprint density at radius 2 is 1.86 bits per heavy atom. The van der Waals surface area contributed by atoms with Crippen molar-refractivity contribution in [3.63, 3.8) is 0 Å². The molecule has 0 aliphatic carbocycles. The van der Waals surface area contributed by atoms with Crippen molar-refractivity contribution in [2.45, 2.75) is 12.1 Å². The summed E-state index contributed by atoms with van der Waals surface area (Å²) in [7, 11) is -3.84. The van der Waals surface area contributed by atoms with E-state index >= 15 is 0 Å². The molecule has 0 unspecified atom stereocenters. The van der Waals surface area contributed by atoms with Crippen LogP contribution in [0.1, 0.15) is 6.92 Å². The van der Waals surface area contributed by atoms with Gasteiger partial charge in [-0.2, -0.15) is 8.42 Å². The van der Waals surface area contributed by atoms with Gasteiger partial charge >= 0.3 is 10.1 Å². The number of fused-ring (bicyclic) bond motifs is 1. The molecule has 21 heavy (non-hydrogen) atoms. The molecule has 1 aromatic heterocycles. The van der Waals surface area contributed by atoms with E-state index in [1.165, 1.54) is 0 Å². The molecule has 1 N–H and O–H groups in total. The van der Waals surface area contributed by atoms with Crippen molar-refractivity contribution in [1.82, 2.24) is 9.97 Å². The van der Waals surface area contributed by atoms with E-state index in [-0.39, 0.29) is 11.8 Å². The minimum absolute atomic E-state index is 0.0743. The lowest BCUT2D eigenvalue weighted by Gasteiger charge is -2.02. The van der Waals surface area contributed by atoms with Gasteiger partial charge in [0.15, 0.2) is 0 Å². The molecule has 5 nitrogen and oxygen atoms in total. The number of hydrogen-bond donors (Lipinski definition) is 1. The molecule has 0 atom stereocenters. The molecular formula is C15H14N2O3S. The van der Waals surface area contributed by atoms with E-state index < -0.39 is 10.1 Å². The number of hydrogen-bond acceptors (Lipinski definition) is 4. The number of rotatable bonds is 4. The van der Waals surface area contributed by atoms with E-state index in [4.69, 9.17) is 4.18 Å². The zero-order valence-electron chi connectivity index (χ0n) is 11.4. The molecule has 0 saturated carbocycles. The van der Waals surface area contributed by atoms with Crippen molar-refractivity contribution in [1.29, 1.82) is 0 Å². The van der Waals surface area contributed by atoms with Crippen molar-refractivity contribution in [2.24, 2.45) is 0 Å². The Balaban J connectivity index is 2.19. The highest BCUT2D eigenvalue weighted by Gasteiger charge is 2.20. The van der Waals surface area contributed by atoms with E-state index in [0.29, 0.717) is 11.0 Å². The Morgan fingerprint density at radius 3 is 2.57 bits per heavy atom. The third kappa shape index (κ3) is 2.55. The Kier molecular flexibility index (Phi) is 3.48. The number of imidazole rings is 1. The highest BCUT2D eigenvalue weighted by Crippen LogP contribution is 2.28. The summed E-state index contributed by atoms with van der Waals surface area (Å²) < 4.78 is 28.6. The van der Waals surface area contributed by atoms with Gasteiger partial charge < -0.3 is 4.98 Å². The van der Waals surface area contributed by atoms with Gasteiger partial charge in [0.25, 0.3) is 5.16 Å². The number of H-pyrrole nitrogens is 1. The highest BCUT2D eigenvalue weighted by molar-refractivity contribution is 7.86. The summed E-state index contributed by atoms with van der Waals surface area (Å²) in [4.78, 5) is 6.98. The van der Waals surface area contributed by atoms with Crippen molar-refractivity contribution in [3.8, 4) is 11.1 Å². The smallest absolute Gasteiger partial charge is 0.326 e. The summed E-state index contributed by atoms with van der Waals surface area (Å²) in [5, 5.41) is -0.164. The third-order valence-electron chi connectivity index (χ3n) is 3.09. The van der Waals surface area contributed by atoms with E-state index in [9.17, 15) is 8.42 Å². The lowest BCUT2D eigenvalue weighted by atomic mass is 10.0. The molecule has 1 heterocycles. The molecule has 0 bridgehead atoms. The van der Waals surface area contributed by atoms with Crippen LogP contribution < -0.4 is 0 Å². The number of para-hydroxylation sites is 1. The van der Waals surface area contributed by atoms with E-state index in [0.717, 1.165) is 11.1 Å².